The molecule has 0 saturated heterocycles. The first-order valence-corrected chi connectivity index (χ1v) is 7.18. The summed E-state index contributed by atoms with van der Waals surface area (Å²) in [6.07, 6.45) is -1.58. The standard InChI is InChI=1S/C14H22F3N3O2/c1-4-5-10(2)11(21)18-7-6-13(22,14(15,16)17)12-19-8-9-20(12)3/h8-10,22H,4-7H2,1-3H3,(H,18,21). The van der Waals surface area contributed by atoms with Crippen LogP contribution in [0.3, 0.4) is 0 Å². The Bertz CT molecular complexity index is 502. The van der Waals surface area contributed by atoms with E-state index in [0.717, 1.165) is 11.0 Å². The van der Waals surface area contributed by atoms with Crippen molar-refractivity contribution in [3.05, 3.63) is 18.2 Å². The Morgan fingerprint density at radius 1 is 1.50 bits per heavy atom. The van der Waals surface area contributed by atoms with Gasteiger partial charge in [-0.15, -0.1) is 0 Å². The molecule has 1 rings (SSSR count). The van der Waals surface area contributed by atoms with Crippen LogP contribution in [0.15, 0.2) is 12.4 Å². The molecule has 0 saturated carbocycles. The number of amides is 1. The summed E-state index contributed by atoms with van der Waals surface area (Å²) in [5, 5.41) is 12.5. The summed E-state index contributed by atoms with van der Waals surface area (Å²) in [5.74, 6) is -1.07. The van der Waals surface area contributed by atoms with Crippen molar-refractivity contribution < 1.29 is 23.1 Å². The minimum absolute atomic E-state index is 0.267. The Labute approximate surface area is 127 Å². The van der Waals surface area contributed by atoms with Crippen molar-refractivity contribution in [2.75, 3.05) is 6.54 Å². The van der Waals surface area contributed by atoms with Crippen LogP contribution in [-0.4, -0.2) is 33.3 Å². The lowest BCUT2D eigenvalue weighted by atomic mass is 9.97. The summed E-state index contributed by atoms with van der Waals surface area (Å²) in [7, 11) is 1.38. The normalized spacial score (nSPS) is 16.1. The van der Waals surface area contributed by atoms with E-state index in [-0.39, 0.29) is 18.4 Å². The van der Waals surface area contributed by atoms with Crippen LogP contribution in [0.2, 0.25) is 0 Å². The molecule has 2 N–H and O–H groups in total. The molecule has 0 aliphatic heterocycles. The number of hydrogen-bond acceptors (Lipinski definition) is 3. The van der Waals surface area contributed by atoms with E-state index in [4.69, 9.17) is 0 Å². The van der Waals surface area contributed by atoms with Gasteiger partial charge in [-0.3, -0.25) is 4.79 Å². The highest BCUT2D eigenvalue weighted by atomic mass is 19.4. The van der Waals surface area contributed by atoms with Gasteiger partial charge in [-0.1, -0.05) is 20.3 Å². The van der Waals surface area contributed by atoms with Gasteiger partial charge in [-0.25, -0.2) is 4.98 Å². The second-order valence-electron chi connectivity index (χ2n) is 5.45. The van der Waals surface area contributed by atoms with Gasteiger partial charge in [-0.05, 0) is 6.42 Å². The zero-order chi connectivity index (χ0) is 17.0. The molecule has 0 aromatic carbocycles. The number of halogens is 3. The molecule has 1 heterocycles. The predicted molar refractivity (Wildman–Crippen MR) is 74.9 cm³/mol. The summed E-state index contributed by atoms with van der Waals surface area (Å²) in [6, 6.07) is 0. The van der Waals surface area contributed by atoms with Gasteiger partial charge < -0.3 is 15.0 Å². The second-order valence-corrected chi connectivity index (χ2v) is 5.45. The first-order chi connectivity index (χ1) is 10.1. The van der Waals surface area contributed by atoms with Gasteiger partial charge in [0.25, 0.3) is 0 Å². The number of hydrogen-bond donors (Lipinski definition) is 2. The Kier molecular flexibility index (Phi) is 5.99. The van der Waals surface area contributed by atoms with Crippen LogP contribution in [0.1, 0.15) is 38.9 Å². The van der Waals surface area contributed by atoms with Crippen molar-refractivity contribution in [2.45, 2.75) is 44.9 Å². The van der Waals surface area contributed by atoms with Crippen LogP contribution in [-0.2, 0) is 17.4 Å². The molecule has 0 aliphatic carbocycles. The number of aromatic nitrogens is 2. The number of rotatable bonds is 7. The maximum Gasteiger partial charge on any atom is 0.424 e. The average Bonchev–Trinajstić information content (AvgIpc) is 2.84. The number of aliphatic hydroxyl groups is 1. The number of imidazole rings is 1. The molecule has 0 bridgehead atoms. The average molecular weight is 321 g/mol. The molecule has 5 nitrogen and oxygen atoms in total. The van der Waals surface area contributed by atoms with Crippen LogP contribution in [0.25, 0.3) is 0 Å². The molecule has 2 unspecified atom stereocenters. The largest absolute Gasteiger partial charge is 0.424 e. The van der Waals surface area contributed by atoms with Crippen LogP contribution in [0.5, 0.6) is 0 Å². The fourth-order valence-corrected chi connectivity index (χ4v) is 2.25. The summed E-state index contributed by atoms with van der Waals surface area (Å²) in [4.78, 5) is 15.3. The van der Waals surface area contributed by atoms with E-state index in [1.54, 1.807) is 6.92 Å². The van der Waals surface area contributed by atoms with Crippen molar-refractivity contribution in [2.24, 2.45) is 13.0 Å². The smallest absolute Gasteiger partial charge is 0.374 e. The summed E-state index contributed by atoms with van der Waals surface area (Å²) >= 11 is 0. The lowest BCUT2D eigenvalue weighted by Gasteiger charge is -2.30. The summed E-state index contributed by atoms with van der Waals surface area (Å²) in [5.41, 5.74) is -3.09. The van der Waals surface area contributed by atoms with Gasteiger partial charge >= 0.3 is 6.18 Å². The second kappa shape index (κ2) is 7.13. The van der Waals surface area contributed by atoms with Gasteiger partial charge in [0.2, 0.25) is 11.5 Å². The zero-order valence-electron chi connectivity index (χ0n) is 12.9. The van der Waals surface area contributed by atoms with Crippen LogP contribution >= 0.6 is 0 Å². The Morgan fingerprint density at radius 2 is 2.14 bits per heavy atom. The third-order valence-corrected chi connectivity index (χ3v) is 3.62. The third-order valence-electron chi connectivity index (χ3n) is 3.62. The van der Waals surface area contributed by atoms with Gasteiger partial charge in [0.05, 0.1) is 0 Å². The van der Waals surface area contributed by atoms with Crippen LogP contribution in [0.4, 0.5) is 13.2 Å². The van der Waals surface area contributed by atoms with Crippen molar-refractivity contribution in [1.82, 2.24) is 14.9 Å². The molecular formula is C14H22F3N3O2. The lowest BCUT2D eigenvalue weighted by Crippen LogP contribution is -2.47. The van der Waals surface area contributed by atoms with Crippen molar-refractivity contribution >= 4 is 5.91 Å². The van der Waals surface area contributed by atoms with Crippen LogP contribution in [0, 0.1) is 5.92 Å². The zero-order valence-corrected chi connectivity index (χ0v) is 12.9. The van der Waals surface area contributed by atoms with Gasteiger partial charge in [0.1, 0.15) is 5.82 Å². The molecule has 2 atom stereocenters. The molecule has 1 amide bonds. The van der Waals surface area contributed by atoms with Crippen molar-refractivity contribution in [1.29, 1.82) is 0 Å². The SMILES string of the molecule is CCCC(C)C(=O)NCCC(O)(c1nccn1C)C(F)(F)F. The number of nitrogens with one attached hydrogen (secondary N) is 1. The highest BCUT2D eigenvalue weighted by Gasteiger charge is 2.57. The molecule has 0 spiro atoms. The Balaban J connectivity index is 2.77. The highest BCUT2D eigenvalue weighted by molar-refractivity contribution is 5.78. The quantitative estimate of drug-likeness (QED) is 0.808. The van der Waals surface area contributed by atoms with E-state index >= 15 is 0 Å². The topological polar surface area (TPSA) is 67.2 Å². The monoisotopic (exact) mass is 321 g/mol. The molecule has 126 valence electrons. The number of nitrogens with zero attached hydrogens (tertiary/aromatic N) is 2. The molecule has 0 aliphatic rings. The van der Waals surface area contributed by atoms with Gasteiger partial charge in [0, 0.05) is 38.3 Å². The Morgan fingerprint density at radius 3 is 2.59 bits per heavy atom. The van der Waals surface area contributed by atoms with E-state index in [1.165, 1.54) is 19.4 Å². The fourth-order valence-electron chi connectivity index (χ4n) is 2.25. The molecule has 0 radical (unpaired) electrons. The molecular weight excluding hydrogens is 299 g/mol. The van der Waals surface area contributed by atoms with E-state index in [1.807, 2.05) is 6.92 Å². The van der Waals surface area contributed by atoms with E-state index < -0.39 is 24.0 Å². The summed E-state index contributed by atoms with van der Waals surface area (Å²) in [6.45, 7) is 3.36. The first-order valence-electron chi connectivity index (χ1n) is 7.18. The fraction of sp³-hybridized carbons (Fsp3) is 0.714. The highest BCUT2D eigenvalue weighted by Crippen LogP contribution is 2.40. The van der Waals surface area contributed by atoms with E-state index in [9.17, 15) is 23.1 Å². The molecule has 1 aromatic heterocycles. The minimum Gasteiger partial charge on any atom is -0.374 e. The van der Waals surface area contributed by atoms with Crippen LogP contribution < -0.4 is 5.32 Å². The first kappa shape index (κ1) is 18.5. The lowest BCUT2D eigenvalue weighted by molar-refractivity contribution is -0.272. The third kappa shape index (κ3) is 4.00. The minimum atomic E-state index is -4.88. The van der Waals surface area contributed by atoms with Gasteiger partial charge in [-0.2, -0.15) is 13.2 Å². The molecule has 0 fully saturated rings. The van der Waals surface area contributed by atoms with Crippen molar-refractivity contribution in [3.8, 4) is 0 Å². The Hall–Kier alpha value is -1.57. The van der Waals surface area contributed by atoms with E-state index in [0.29, 0.717) is 6.42 Å². The number of aryl methyl sites for hydroxylation is 1. The maximum atomic E-state index is 13.2. The van der Waals surface area contributed by atoms with Crippen molar-refractivity contribution in [3.63, 3.8) is 0 Å². The summed E-state index contributed by atoms with van der Waals surface area (Å²) < 4.78 is 40.8. The number of carbonyl (C=O) groups is 1. The molecule has 1 aromatic rings. The van der Waals surface area contributed by atoms with Gasteiger partial charge in [0.15, 0.2) is 0 Å². The predicted octanol–water partition coefficient (Wildman–Crippen LogP) is 2.11. The number of alkyl halides is 3. The number of carbonyl (C=O) groups excluding carboxylic acids is 1. The molecule has 8 heteroatoms. The maximum absolute atomic E-state index is 13.2. The van der Waals surface area contributed by atoms with E-state index in [2.05, 4.69) is 10.3 Å². The molecule has 22 heavy (non-hydrogen) atoms.